The first-order chi connectivity index (χ1) is 10.2. The highest BCUT2D eigenvalue weighted by Crippen LogP contribution is 2.32. The number of rotatable bonds is 4. The second kappa shape index (κ2) is 7.32. The first kappa shape index (κ1) is 15.6. The molecule has 0 saturated carbocycles. The summed E-state index contributed by atoms with van der Waals surface area (Å²) in [5.74, 6) is 1.06. The highest BCUT2D eigenvalue weighted by atomic mass is 32.2. The minimum absolute atomic E-state index is 0.0381. The molecule has 0 amide bonds. The predicted octanol–water partition coefficient (Wildman–Crippen LogP) is 3.58. The van der Waals surface area contributed by atoms with E-state index in [9.17, 15) is 10.1 Å². The summed E-state index contributed by atoms with van der Waals surface area (Å²) in [6.07, 6.45) is 3.38. The Morgan fingerprint density at radius 1 is 1.52 bits per heavy atom. The molecule has 0 bridgehead atoms. The van der Waals surface area contributed by atoms with E-state index in [-0.39, 0.29) is 10.6 Å². The second-order valence-corrected chi connectivity index (χ2v) is 6.67. The number of nitriles is 1. The van der Waals surface area contributed by atoms with Gasteiger partial charge < -0.3 is 4.90 Å². The van der Waals surface area contributed by atoms with Gasteiger partial charge in [-0.2, -0.15) is 17.0 Å². The third-order valence-electron chi connectivity index (χ3n) is 3.67. The Kier molecular flexibility index (Phi) is 5.45. The maximum Gasteiger partial charge on any atom is 0.293 e. The van der Waals surface area contributed by atoms with Crippen molar-refractivity contribution in [2.24, 2.45) is 0 Å². The van der Waals surface area contributed by atoms with Crippen molar-refractivity contribution in [3.05, 3.63) is 33.9 Å². The Morgan fingerprint density at radius 3 is 3.00 bits per heavy atom. The van der Waals surface area contributed by atoms with Crippen LogP contribution in [0.1, 0.15) is 31.7 Å². The topological polar surface area (TPSA) is 70.2 Å². The van der Waals surface area contributed by atoms with Crippen LogP contribution in [-0.4, -0.2) is 29.0 Å². The molecule has 0 aromatic heterocycles. The Bertz CT molecular complexity index is 556. The van der Waals surface area contributed by atoms with Crippen LogP contribution in [0.15, 0.2) is 18.2 Å². The molecule has 0 aliphatic carbocycles. The van der Waals surface area contributed by atoms with Gasteiger partial charge in [-0.05, 0) is 30.7 Å². The molecular formula is C15H19N3O2S. The fourth-order valence-electron chi connectivity index (χ4n) is 2.70. The van der Waals surface area contributed by atoms with Crippen LogP contribution in [0.25, 0.3) is 0 Å². The molecule has 21 heavy (non-hydrogen) atoms. The molecule has 1 saturated heterocycles. The first-order valence-corrected chi connectivity index (χ1v) is 8.25. The summed E-state index contributed by atoms with van der Waals surface area (Å²) in [5.41, 5.74) is 1.01. The van der Waals surface area contributed by atoms with Gasteiger partial charge in [0, 0.05) is 24.4 Å². The maximum absolute atomic E-state index is 11.3. The van der Waals surface area contributed by atoms with Crippen molar-refractivity contribution in [3.63, 3.8) is 0 Å². The van der Waals surface area contributed by atoms with Gasteiger partial charge in [0.2, 0.25) is 0 Å². The van der Waals surface area contributed by atoms with Gasteiger partial charge in [0.05, 0.1) is 16.6 Å². The van der Waals surface area contributed by atoms with Gasteiger partial charge in [0.25, 0.3) is 5.69 Å². The van der Waals surface area contributed by atoms with E-state index in [1.807, 2.05) is 17.8 Å². The van der Waals surface area contributed by atoms with Gasteiger partial charge >= 0.3 is 0 Å². The van der Waals surface area contributed by atoms with E-state index in [0.29, 0.717) is 16.5 Å². The standard InChI is InChI=1S/C15H19N3O2S/c1-2-21-13-5-3-4-8-17(11-13)14-7-6-12(10-16)9-15(14)18(19)20/h6-7,9,13H,2-5,8,11H2,1H3. The van der Waals surface area contributed by atoms with E-state index in [4.69, 9.17) is 5.26 Å². The third kappa shape index (κ3) is 3.88. The number of nitro groups is 1. The summed E-state index contributed by atoms with van der Waals surface area (Å²) in [7, 11) is 0. The van der Waals surface area contributed by atoms with E-state index in [1.54, 1.807) is 12.1 Å². The lowest BCUT2D eigenvalue weighted by atomic mass is 10.1. The molecule has 1 aliphatic heterocycles. The lowest BCUT2D eigenvalue weighted by Crippen LogP contribution is -2.30. The van der Waals surface area contributed by atoms with Crippen LogP contribution in [0, 0.1) is 21.4 Å². The summed E-state index contributed by atoms with van der Waals surface area (Å²) in [5, 5.41) is 20.7. The molecule has 1 atom stereocenters. The number of nitro benzene ring substituents is 1. The molecule has 1 aliphatic rings. The van der Waals surface area contributed by atoms with E-state index in [0.717, 1.165) is 31.7 Å². The minimum Gasteiger partial charge on any atom is -0.365 e. The molecule has 6 heteroatoms. The number of anilines is 1. The van der Waals surface area contributed by atoms with Crippen molar-refractivity contribution in [1.29, 1.82) is 5.26 Å². The third-order valence-corrected chi connectivity index (χ3v) is 4.86. The number of hydrogen-bond acceptors (Lipinski definition) is 5. The predicted molar refractivity (Wildman–Crippen MR) is 85.8 cm³/mol. The van der Waals surface area contributed by atoms with Crippen LogP contribution in [0.5, 0.6) is 0 Å². The molecule has 0 radical (unpaired) electrons. The van der Waals surface area contributed by atoms with Gasteiger partial charge in [0.15, 0.2) is 0 Å². The summed E-state index contributed by atoms with van der Waals surface area (Å²) in [6, 6.07) is 6.72. The highest BCUT2D eigenvalue weighted by molar-refractivity contribution is 7.99. The smallest absolute Gasteiger partial charge is 0.293 e. The maximum atomic E-state index is 11.3. The summed E-state index contributed by atoms with van der Waals surface area (Å²) >= 11 is 1.92. The van der Waals surface area contributed by atoms with Crippen molar-refractivity contribution in [1.82, 2.24) is 0 Å². The molecule has 1 aromatic rings. The zero-order chi connectivity index (χ0) is 15.2. The van der Waals surface area contributed by atoms with Gasteiger partial charge in [-0.25, -0.2) is 0 Å². The van der Waals surface area contributed by atoms with E-state index in [2.05, 4.69) is 11.8 Å². The van der Waals surface area contributed by atoms with Crippen molar-refractivity contribution in [2.45, 2.75) is 31.4 Å². The van der Waals surface area contributed by atoms with Crippen molar-refractivity contribution in [3.8, 4) is 6.07 Å². The summed E-state index contributed by atoms with van der Waals surface area (Å²) < 4.78 is 0. The molecule has 1 unspecified atom stereocenters. The van der Waals surface area contributed by atoms with Gasteiger partial charge in [0.1, 0.15) is 5.69 Å². The van der Waals surface area contributed by atoms with Crippen molar-refractivity contribution < 1.29 is 4.92 Å². The molecule has 1 heterocycles. The molecule has 1 aromatic carbocycles. The molecule has 0 spiro atoms. The lowest BCUT2D eigenvalue weighted by Gasteiger charge is -2.25. The Hall–Kier alpha value is -1.74. The SMILES string of the molecule is CCSC1CCCCN(c2ccc(C#N)cc2[N+](=O)[O-])C1. The van der Waals surface area contributed by atoms with Gasteiger partial charge in [-0.15, -0.1) is 0 Å². The number of hydrogen-bond donors (Lipinski definition) is 0. The first-order valence-electron chi connectivity index (χ1n) is 7.20. The zero-order valence-electron chi connectivity index (χ0n) is 12.1. The Labute approximate surface area is 129 Å². The van der Waals surface area contributed by atoms with Crippen LogP contribution in [0.3, 0.4) is 0 Å². The normalized spacial score (nSPS) is 18.9. The average molecular weight is 305 g/mol. The van der Waals surface area contributed by atoms with Gasteiger partial charge in [-0.1, -0.05) is 13.3 Å². The fraction of sp³-hybridized carbons (Fsp3) is 0.533. The average Bonchev–Trinajstić information content (AvgIpc) is 2.72. The van der Waals surface area contributed by atoms with Crippen LogP contribution >= 0.6 is 11.8 Å². The molecule has 2 rings (SSSR count). The molecule has 0 N–H and O–H groups in total. The number of thioether (sulfide) groups is 1. The fourth-order valence-corrected chi connectivity index (χ4v) is 3.79. The van der Waals surface area contributed by atoms with E-state index >= 15 is 0 Å². The molecule has 1 fully saturated rings. The van der Waals surface area contributed by atoms with Crippen LogP contribution in [0.2, 0.25) is 0 Å². The quantitative estimate of drug-likeness (QED) is 0.628. The van der Waals surface area contributed by atoms with Gasteiger partial charge in [-0.3, -0.25) is 10.1 Å². The van der Waals surface area contributed by atoms with E-state index in [1.165, 1.54) is 12.5 Å². The summed E-state index contributed by atoms with van der Waals surface area (Å²) in [6.45, 7) is 3.82. The Balaban J connectivity index is 2.30. The Morgan fingerprint density at radius 2 is 2.33 bits per heavy atom. The highest BCUT2D eigenvalue weighted by Gasteiger charge is 2.24. The molecular weight excluding hydrogens is 286 g/mol. The lowest BCUT2D eigenvalue weighted by molar-refractivity contribution is -0.384. The largest absolute Gasteiger partial charge is 0.365 e. The number of nitrogens with zero attached hydrogens (tertiary/aromatic N) is 3. The van der Waals surface area contributed by atoms with E-state index < -0.39 is 0 Å². The van der Waals surface area contributed by atoms with Crippen LogP contribution in [0.4, 0.5) is 11.4 Å². The number of benzene rings is 1. The summed E-state index contributed by atoms with van der Waals surface area (Å²) in [4.78, 5) is 13.0. The second-order valence-electron chi connectivity index (χ2n) is 5.09. The minimum atomic E-state index is -0.386. The van der Waals surface area contributed by atoms with Crippen LogP contribution < -0.4 is 4.90 Å². The zero-order valence-corrected chi connectivity index (χ0v) is 12.9. The van der Waals surface area contributed by atoms with Crippen molar-refractivity contribution >= 4 is 23.1 Å². The molecule has 5 nitrogen and oxygen atoms in total. The van der Waals surface area contributed by atoms with Crippen molar-refractivity contribution in [2.75, 3.05) is 23.7 Å². The molecule has 112 valence electrons. The van der Waals surface area contributed by atoms with Crippen LogP contribution in [-0.2, 0) is 0 Å². The monoisotopic (exact) mass is 305 g/mol.